The molecule has 114 valence electrons. The van der Waals surface area contributed by atoms with Gasteiger partial charge in [-0.3, -0.25) is 0 Å². The number of nitrogens with one attached hydrogen (secondary N) is 1. The van der Waals surface area contributed by atoms with Crippen LogP contribution in [0, 0.1) is 5.21 Å². The van der Waals surface area contributed by atoms with Gasteiger partial charge in [-0.1, -0.05) is 30.3 Å². The summed E-state index contributed by atoms with van der Waals surface area (Å²) in [7, 11) is -3.55. The fourth-order valence-electron chi connectivity index (χ4n) is 2.56. The Balaban J connectivity index is 2.00. The summed E-state index contributed by atoms with van der Waals surface area (Å²) in [6.07, 6.45) is -0.875. The molecule has 0 amide bonds. The molecule has 1 heterocycles. The first-order valence-corrected chi connectivity index (χ1v) is 8.60. The van der Waals surface area contributed by atoms with Gasteiger partial charge in [0.25, 0.3) is 0 Å². The summed E-state index contributed by atoms with van der Waals surface area (Å²) in [5.74, 6) is -0.304. The number of fused-ring (bicyclic) bond motifs is 1. The van der Waals surface area contributed by atoms with E-state index in [1.54, 1.807) is 31.2 Å². The summed E-state index contributed by atoms with van der Waals surface area (Å²) < 4.78 is 24.9. The zero-order chi connectivity index (χ0) is 15.7. The minimum absolute atomic E-state index is 0.217. The predicted octanol–water partition coefficient (Wildman–Crippen LogP) is -0.369. The lowest BCUT2D eigenvalue weighted by Gasteiger charge is -2.31. The molecule has 5 nitrogen and oxygen atoms in total. The van der Waals surface area contributed by atoms with Crippen molar-refractivity contribution in [2.75, 3.05) is 5.75 Å². The lowest BCUT2D eigenvalue weighted by atomic mass is 10.2. The fourth-order valence-corrected chi connectivity index (χ4v) is 3.96. The minimum Gasteiger partial charge on any atom is -0.627 e. The van der Waals surface area contributed by atoms with Gasteiger partial charge in [0.05, 0.1) is 15.5 Å². The second-order valence-electron chi connectivity index (χ2n) is 5.25. The number of hydrogen-bond acceptors (Lipinski definition) is 4. The SMILES string of the molecule is CC1=c2ccccc2=NC(CS(=O)(=O)c2ccccc2)[NH+]1[O-]. The van der Waals surface area contributed by atoms with Crippen LogP contribution in [-0.4, -0.2) is 20.3 Å². The van der Waals surface area contributed by atoms with Crippen molar-refractivity contribution < 1.29 is 13.5 Å². The average Bonchev–Trinajstić information content (AvgIpc) is 2.53. The van der Waals surface area contributed by atoms with Gasteiger partial charge in [-0.15, -0.1) is 0 Å². The molecule has 0 bridgehead atoms. The quantitative estimate of drug-likeness (QED) is 0.785. The molecule has 0 saturated carbocycles. The lowest BCUT2D eigenvalue weighted by Crippen LogP contribution is -3.10. The van der Waals surface area contributed by atoms with Crippen molar-refractivity contribution in [1.29, 1.82) is 0 Å². The third kappa shape index (κ3) is 2.68. The smallest absolute Gasteiger partial charge is 0.200 e. The molecule has 0 aromatic heterocycles. The molecule has 0 fully saturated rings. The molecular formula is C16H16N2O3S. The molecule has 22 heavy (non-hydrogen) atoms. The topological polar surface area (TPSA) is 74.0 Å². The van der Waals surface area contributed by atoms with Crippen molar-refractivity contribution in [3.05, 3.63) is 70.4 Å². The summed E-state index contributed by atoms with van der Waals surface area (Å²) in [5, 5.41) is 13.6. The van der Waals surface area contributed by atoms with Crippen LogP contribution in [0.1, 0.15) is 6.92 Å². The molecular weight excluding hydrogens is 300 g/mol. The van der Waals surface area contributed by atoms with Gasteiger partial charge in [-0.2, -0.15) is 0 Å². The van der Waals surface area contributed by atoms with E-state index in [4.69, 9.17) is 0 Å². The number of quaternary nitrogens is 1. The van der Waals surface area contributed by atoms with Crippen LogP contribution in [0.15, 0.2) is 64.5 Å². The van der Waals surface area contributed by atoms with Crippen molar-refractivity contribution in [2.45, 2.75) is 18.0 Å². The van der Waals surface area contributed by atoms with Crippen LogP contribution in [0.2, 0.25) is 0 Å². The summed E-state index contributed by atoms with van der Waals surface area (Å²) >= 11 is 0. The highest BCUT2D eigenvalue weighted by Crippen LogP contribution is 2.11. The van der Waals surface area contributed by atoms with E-state index in [2.05, 4.69) is 4.99 Å². The molecule has 6 heteroatoms. The van der Waals surface area contributed by atoms with Gasteiger partial charge < -0.3 is 10.3 Å². The number of sulfone groups is 1. The molecule has 0 aliphatic carbocycles. The second-order valence-corrected chi connectivity index (χ2v) is 7.28. The Morgan fingerprint density at radius 3 is 2.45 bits per heavy atom. The molecule has 0 radical (unpaired) electrons. The number of hydrogen-bond donors (Lipinski definition) is 1. The van der Waals surface area contributed by atoms with Crippen LogP contribution in [0.3, 0.4) is 0 Å². The average molecular weight is 316 g/mol. The minimum atomic E-state index is -3.55. The first kappa shape index (κ1) is 14.9. The number of hydroxylamine groups is 2. The van der Waals surface area contributed by atoms with E-state index in [9.17, 15) is 13.6 Å². The van der Waals surface area contributed by atoms with Gasteiger partial charge in [0.15, 0.2) is 16.0 Å². The Kier molecular flexibility index (Phi) is 3.82. The largest absolute Gasteiger partial charge is 0.627 e. The zero-order valence-corrected chi connectivity index (χ0v) is 12.9. The molecule has 1 N–H and O–H groups in total. The normalized spacial score (nSPS) is 21.1. The molecule has 2 aromatic carbocycles. The van der Waals surface area contributed by atoms with Gasteiger partial charge in [-0.05, 0) is 24.3 Å². The van der Waals surface area contributed by atoms with Crippen LogP contribution in [-0.2, 0) is 9.84 Å². The molecule has 0 saturated heterocycles. The molecule has 1 aliphatic rings. The van der Waals surface area contributed by atoms with E-state index < -0.39 is 16.0 Å². The fraction of sp³-hybridized carbons (Fsp3) is 0.188. The van der Waals surface area contributed by atoms with E-state index in [-0.39, 0.29) is 15.7 Å². The molecule has 2 atom stereocenters. The number of benzene rings is 2. The highest BCUT2D eigenvalue weighted by molar-refractivity contribution is 7.91. The maximum atomic E-state index is 12.4. The van der Waals surface area contributed by atoms with Gasteiger partial charge in [0.1, 0.15) is 11.4 Å². The highest BCUT2D eigenvalue weighted by Gasteiger charge is 2.28. The molecule has 0 spiro atoms. The van der Waals surface area contributed by atoms with Crippen molar-refractivity contribution in [2.24, 2.45) is 4.99 Å². The van der Waals surface area contributed by atoms with Crippen molar-refractivity contribution in [1.82, 2.24) is 0 Å². The van der Waals surface area contributed by atoms with Crippen LogP contribution < -0.4 is 15.6 Å². The van der Waals surface area contributed by atoms with Gasteiger partial charge >= 0.3 is 0 Å². The van der Waals surface area contributed by atoms with Gasteiger partial charge in [0, 0.05) is 6.92 Å². The molecule has 3 rings (SSSR count). The Hall–Kier alpha value is -2.02. The van der Waals surface area contributed by atoms with E-state index in [0.717, 1.165) is 5.22 Å². The Labute approximate surface area is 128 Å². The summed E-state index contributed by atoms with van der Waals surface area (Å²) in [5.41, 5.74) is 0.568. The maximum absolute atomic E-state index is 12.4. The van der Waals surface area contributed by atoms with E-state index >= 15 is 0 Å². The van der Waals surface area contributed by atoms with Gasteiger partial charge in [0.2, 0.25) is 0 Å². The van der Waals surface area contributed by atoms with Crippen molar-refractivity contribution >= 4 is 15.5 Å². The Morgan fingerprint density at radius 2 is 1.73 bits per heavy atom. The third-order valence-corrected chi connectivity index (χ3v) is 5.50. The predicted molar refractivity (Wildman–Crippen MR) is 82.9 cm³/mol. The number of nitrogens with zero attached hydrogens (tertiary/aromatic N) is 1. The maximum Gasteiger partial charge on any atom is 0.200 e. The second kappa shape index (κ2) is 5.64. The van der Waals surface area contributed by atoms with Crippen molar-refractivity contribution in [3.63, 3.8) is 0 Å². The van der Waals surface area contributed by atoms with Crippen LogP contribution in [0.4, 0.5) is 0 Å². The van der Waals surface area contributed by atoms with E-state index in [1.165, 1.54) is 12.1 Å². The van der Waals surface area contributed by atoms with Crippen LogP contribution >= 0.6 is 0 Å². The summed E-state index contributed by atoms with van der Waals surface area (Å²) in [6.45, 7) is 1.72. The highest BCUT2D eigenvalue weighted by atomic mass is 32.2. The molecule has 1 aliphatic heterocycles. The van der Waals surface area contributed by atoms with Crippen LogP contribution in [0.25, 0.3) is 5.70 Å². The monoisotopic (exact) mass is 316 g/mol. The first-order chi connectivity index (χ1) is 10.5. The first-order valence-electron chi connectivity index (χ1n) is 6.95. The molecule has 2 unspecified atom stereocenters. The van der Waals surface area contributed by atoms with E-state index in [1.807, 2.05) is 18.2 Å². The number of rotatable bonds is 3. The number of para-hydroxylation sites is 1. The van der Waals surface area contributed by atoms with E-state index in [0.29, 0.717) is 11.1 Å². The zero-order valence-electron chi connectivity index (χ0n) is 12.1. The standard InChI is InChI=1S/C16H16N2O3S/c1-12-14-9-5-6-10-15(14)17-16(18(12)19)11-22(20,21)13-7-3-2-4-8-13/h2-10,16,18H,11H2,1H3. The third-order valence-electron chi connectivity index (χ3n) is 3.75. The van der Waals surface area contributed by atoms with Crippen molar-refractivity contribution in [3.8, 4) is 0 Å². The summed E-state index contributed by atoms with van der Waals surface area (Å²) in [4.78, 5) is 4.56. The van der Waals surface area contributed by atoms with Gasteiger partial charge in [-0.25, -0.2) is 13.4 Å². The summed E-state index contributed by atoms with van der Waals surface area (Å²) in [6, 6.07) is 15.4. The van der Waals surface area contributed by atoms with Crippen LogP contribution in [0.5, 0.6) is 0 Å². The lowest BCUT2D eigenvalue weighted by molar-refractivity contribution is -0.799. The Bertz CT molecular complexity index is 908. The Morgan fingerprint density at radius 1 is 1.09 bits per heavy atom. The molecule has 2 aromatic rings.